The molecule has 32 heavy (non-hydrogen) atoms. The minimum atomic E-state index is -0.651. The average molecular weight is 500 g/mol. The zero-order valence-electron chi connectivity index (χ0n) is 18.9. The maximum absolute atomic E-state index is 13.0. The number of ketones is 1. The molecule has 1 unspecified atom stereocenters. The number of aryl methyl sites for hydroxylation is 1. The highest BCUT2D eigenvalue weighted by atomic mass is 79.9. The van der Waals surface area contributed by atoms with E-state index in [2.05, 4.69) is 22.9 Å². The van der Waals surface area contributed by atoms with Crippen LogP contribution < -0.4 is 4.74 Å². The van der Waals surface area contributed by atoms with Gasteiger partial charge < -0.3 is 14.7 Å². The molecule has 0 saturated carbocycles. The molecule has 5 nitrogen and oxygen atoms in total. The fourth-order valence-corrected chi connectivity index (χ4v) is 4.18. The van der Waals surface area contributed by atoms with Crippen LogP contribution in [0.25, 0.3) is 5.76 Å². The minimum absolute atomic E-state index is 0.127. The molecule has 1 aliphatic heterocycles. The highest BCUT2D eigenvalue weighted by molar-refractivity contribution is 9.10. The number of amides is 1. The van der Waals surface area contributed by atoms with E-state index in [4.69, 9.17) is 4.74 Å². The molecule has 0 spiro atoms. The SMILES string of the molecule is CCCCCOc1ccc(C2/C(=C(/O)c3ccc(Br)c(C)c3)C(=O)C(=O)N2CCC)cc1. The van der Waals surface area contributed by atoms with E-state index in [1.807, 2.05) is 44.2 Å². The lowest BCUT2D eigenvalue weighted by Gasteiger charge is -2.25. The lowest BCUT2D eigenvalue weighted by molar-refractivity contribution is -0.139. The van der Waals surface area contributed by atoms with E-state index in [0.717, 1.165) is 40.6 Å². The second-order valence-electron chi connectivity index (χ2n) is 8.08. The van der Waals surface area contributed by atoms with Gasteiger partial charge in [0.25, 0.3) is 11.7 Å². The smallest absolute Gasteiger partial charge is 0.295 e. The molecule has 3 rings (SSSR count). The Morgan fingerprint density at radius 1 is 1.06 bits per heavy atom. The van der Waals surface area contributed by atoms with Gasteiger partial charge in [0.1, 0.15) is 11.5 Å². The van der Waals surface area contributed by atoms with Crippen LogP contribution in [0.2, 0.25) is 0 Å². The number of ether oxygens (including phenoxy) is 1. The van der Waals surface area contributed by atoms with Gasteiger partial charge in [0.2, 0.25) is 0 Å². The van der Waals surface area contributed by atoms with Gasteiger partial charge in [-0.15, -0.1) is 0 Å². The van der Waals surface area contributed by atoms with Gasteiger partial charge in [-0.2, -0.15) is 0 Å². The molecule has 1 N–H and O–H groups in total. The number of hydrogen-bond acceptors (Lipinski definition) is 4. The lowest BCUT2D eigenvalue weighted by atomic mass is 9.95. The predicted molar refractivity (Wildman–Crippen MR) is 130 cm³/mol. The Kier molecular flexibility index (Phi) is 8.13. The summed E-state index contributed by atoms with van der Waals surface area (Å²) in [6.45, 7) is 7.11. The summed E-state index contributed by atoms with van der Waals surface area (Å²) in [5.41, 5.74) is 2.34. The summed E-state index contributed by atoms with van der Waals surface area (Å²) in [4.78, 5) is 27.3. The molecule has 0 bridgehead atoms. The maximum atomic E-state index is 13.0. The number of unbranched alkanes of at least 4 members (excludes halogenated alkanes) is 2. The second-order valence-corrected chi connectivity index (χ2v) is 8.94. The summed E-state index contributed by atoms with van der Waals surface area (Å²) in [7, 11) is 0. The van der Waals surface area contributed by atoms with Crippen LogP contribution in [0.1, 0.15) is 62.3 Å². The molecule has 0 aliphatic carbocycles. The lowest BCUT2D eigenvalue weighted by Crippen LogP contribution is -2.30. The van der Waals surface area contributed by atoms with Crippen molar-refractivity contribution in [3.8, 4) is 5.75 Å². The number of benzene rings is 2. The van der Waals surface area contributed by atoms with Crippen LogP contribution >= 0.6 is 15.9 Å². The highest BCUT2D eigenvalue weighted by Gasteiger charge is 2.45. The summed E-state index contributed by atoms with van der Waals surface area (Å²) in [6, 6.07) is 12.2. The van der Waals surface area contributed by atoms with Crippen LogP contribution in [0.3, 0.4) is 0 Å². The molecule has 2 aromatic rings. The summed E-state index contributed by atoms with van der Waals surface area (Å²) >= 11 is 3.46. The third-order valence-corrected chi connectivity index (χ3v) is 6.54. The second kappa shape index (κ2) is 10.8. The molecule has 2 aromatic carbocycles. The Labute approximate surface area is 198 Å². The first-order chi connectivity index (χ1) is 15.4. The number of aliphatic hydroxyl groups is 1. The maximum Gasteiger partial charge on any atom is 0.295 e. The Hall–Kier alpha value is -2.60. The Bertz CT molecular complexity index is 1010. The molecule has 1 atom stereocenters. The summed E-state index contributed by atoms with van der Waals surface area (Å²) in [6.07, 6.45) is 3.97. The first kappa shape index (κ1) is 24.1. The first-order valence-electron chi connectivity index (χ1n) is 11.2. The van der Waals surface area contributed by atoms with Gasteiger partial charge in [0, 0.05) is 16.6 Å². The highest BCUT2D eigenvalue weighted by Crippen LogP contribution is 2.40. The summed E-state index contributed by atoms with van der Waals surface area (Å²) in [5.74, 6) is -0.628. The minimum Gasteiger partial charge on any atom is -0.507 e. The van der Waals surface area contributed by atoms with Gasteiger partial charge >= 0.3 is 0 Å². The Morgan fingerprint density at radius 3 is 2.41 bits per heavy atom. The van der Waals surface area contributed by atoms with Crippen LogP contribution in [0.15, 0.2) is 52.5 Å². The van der Waals surface area contributed by atoms with E-state index < -0.39 is 17.7 Å². The predicted octanol–water partition coefficient (Wildman–Crippen LogP) is 6.16. The third kappa shape index (κ3) is 5.07. The summed E-state index contributed by atoms with van der Waals surface area (Å²) in [5, 5.41) is 11.1. The topological polar surface area (TPSA) is 66.8 Å². The van der Waals surface area contributed by atoms with Crippen molar-refractivity contribution >= 4 is 33.4 Å². The fraction of sp³-hybridized carbons (Fsp3) is 0.385. The molecule has 0 radical (unpaired) electrons. The molecular weight excluding hydrogens is 470 g/mol. The van der Waals surface area contributed by atoms with Gasteiger partial charge in [0.15, 0.2) is 0 Å². The number of rotatable bonds is 9. The number of carbonyl (C=O) groups is 2. The third-order valence-electron chi connectivity index (χ3n) is 5.65. The standard InChI is InChI=1S/C26H30BrNO4/c1-4-6-7-15-32-20-11-8-18(9-12-20)23-22(25(30)26(31)28(23)14-5-2)24(29)19-10-13-21(27)17(3)16-19/h8-13,16,23,29H,4-7,14-15H2,1-3H3/b24-22-. The van der Waals surface area contributed by atoms with Gasteiger partial charge in [-0.3, -0.25) is 9.59 Å². The number of Topliss-reactive ketones (excluding diaryl/α,β-unsaturated/α-hetero) is 1. The number of halogens is 1. The van der Waals surface area contributed by atoms with E-state index in [1.165, 1.54) is 0 Å². The van der Waals surface area contributed by atoms with Crippen LogP contribution in [0, 0.1) is 6.92 Å². The van der Waals surface area contributed by atoms with Crippen molar-refractivity contribution in [3.63, 3.8) is 0 Å². The number of aliphatic hydroxyl groups excluding tert-OH is 1. The Morgan fingerprint density at radius 2 is 1.78 bits per heavy atom. The zero-order valence-corrected chi connectivity index (χ0v) is 20.4. The largest absolute Gasteiger partial charge is 0.507 e. The molecule has 6 heteroatoms. The van der Waals surface area contributed by atoms with Gasteiger partial charge in [-0.05, 0) is 55.2 Å². The van der Waals surface area contributed by atoms with E-state index in [0.29, 0.717) is 25.1 Å². The van der Waals surface area contributed by atoms with Crippen molar-refractivity contribution in [1.29, 1.82) is 0 Å². The first-order valence-corrected chi connectivity index (χ1v) is 12.0. The quantitative estimate of drug-likeness (QED) is 0.194. The zero-order chi connectivity index (χ0) is 23.3. The van der Waals surface area contributed by atoms with E-state index in [-0.39, 0.29) is 11.3 Å². The normalized spacial score (nSPS) is 17.8. The molecule has 1 amide bonds. The molecule has 1 aliphatic rings. The van der Waals surface area contributed by atoms with Crippen LogP contribution in [-0.2, 0) is 9.59 Å². The molecule has 1 saturated heterocycles. The van der Waals surface area contributed by atoms with Gasteiger partial charge in [-0.25, -0.2) is 0 Å². The summed E-state index contributed by atoms with van der Waals surface area (Å²) < 4.78 is 6.71. The number of carbonyl (C=O) groups excluding carboxylic acids is 2. The number of likely N-dealkylation sites (tertiary alicyclic amines) is 1. The molecule has 0 aromatic heterocycles. The van der Waals surface area contributed by atoms with E-state index in [9.17, 15) is 14.7 Å². The van der Waals surface area contributed by atoms with E-state index >= 15 is 0 Å². The fourth-order valence-electron chi connectivity index (χ4n) is 3.93. The van der Waals surface area contributed by atoms with Crippen LogP contribution in [0.4, 0.5) is 0 Å². The monoisotopic (exact) mass is 499 g/mol. The van der Waals surface area contributed by atoms with E-state index in [1.54, 1.807) is 17.0 Å². The van der Waals surface area contributed by atoms with Crippen molar-refractivity contribution in [2.75, 3.05) is 13.2 Å². The van der Waals surface area contributed by atoms with Gasteiger partial charge in [0.05, 0.1) is 18.2 Å². The molecule has 170 valence electrons. The van der Waals surface area contributed by atoms with Crippen molar-refractivity contribution in [3.05, 3.63) is 69.2 Å². The van der Waals surface area contributed by atoms with Gasteiger partial charge in [-0.1, -0.05) is 60.8 Å². The van der Waals surface area contributed by atoms with Crippen LogP contribution in [0.5, 0.6) is 5.75 Å². The van der Waals surface area contributed by atoms with Crippen LogP contribution in [-0.4, -0.2) is 34.8 Å². The van der Waals surface area contributed by atoms with Crippen molar-refractivity contribution < 1.29 is 19.4 Å². The van der Waals surface area contributed by atoms with Crippen molar-refractivity contribution in [2.45, 2.75) is 52.5 Å². The van der Waals surface area contributed by atoms with Crippen molar-refractivity contribution in [1.82, 2.24) is 4.90 Å². The molecular formula is C26H30BrNO4. The molecule has 1 heterocycles. The Balaban J connectivity index is 1.99. The average Bonchev–Trinajstić information content (AvgIpc) is 3.04. The number of hydrogen-bond donors (Lipinski definition) is 1. The number of nitrogens with zero attached hydrogens (tertiary/aromatic N) is 1. The molecule has 1 fully saturated rings. The van der Waals surface area contributed by atoms with Crippen molar-refractivity contribution in [2.24, 2.45) is 0 Å².